The molecule has 1 atom stereocenters. The van der Waals surface area contributed by atoms with E-state index in [4.69, 9.17) is 14.6 Å². The molecule has 1 aliphatic carbocycles. The fraction of sp³-hybridized carbons (Fsp3) is 0.846. The molecule has 108 valence electrons. The van der Waals surface area contributed by atoms with Crippen LogP contribution in [0.2, 0.25) is 0 Å². The maximum Gasteiger partial charge on any atom is 0.306 e. The van der Waals surface area contributed by atoms with E-state index >= 15 is 0 Å². The van der Waals surface area contributed by atoms with E-state index < -0.39 is 5.97 Å². The number of amides is 1. The Morgan fingerprint density at radius 3 is 2.37 bits per heavy atom. The summed E-state index contributed by atoms with van der Waals surface area (Å²) in [6.45, 7) is 2.18. The Labute approximate surface area is 112 Å². The zero-order valence-corrected chi connectivity index (χ0v) is 11.0. The molecule has 6 nitrogen and oxygen atoms in total. The minimum Gasteiger partial charge on any atom is -0.481 e. The molecule has 2 fully saturated rings. The first-order valence-electron chi connectivity index (χ1n) is 6.86. The van der Waals surface area contributed by atoms with Crippen LogP contribution in [-0.2, 0) is 19.1 Å². The van der Waals surface area contributed by atoms with Crippen LogP contribution in [0.3, 0.4) is 0 Å². The predicted octanol–water partition coefficient (Wildman–Crippen LogP) is 0.409. The maximum absolute atomic E-state index is 12.0. The number of rotatable bonds is 4. The number of carboxylic acids is 1. The molecular weight excluding hydrogens is 250 g/mol. The molecule has 1 aliphatic heterocycles. The van der Waals surface area contributed by atoms with Gasteiger partial charge in [-0.3, -0.25) is 9.59 Å². The predicted molar refractivity (Wildman–Crippen MR) is 66.7 cm³/mol. The van der Waals surface area contributed by atoms with Crippen LogP contribution >= 0.6 is 0 Å². The van der Waals surface area contributed by atoms with Crippen molar-refractivity contribution in [3.8, 4) is 0 Å². The van der Waals surface area contributed by atoms with Gasteiger partial charge in [-0.1, -0.05) is 0 Å². The van der Waals surface area contributed by atoms with E-state index in [1.165, 1.54) is 0 Å². The molecule has 1 saturated carbocycles. The Bertz CT molecular complexity index is 319. The first kappa shape index (κ1) is 14.3. The summed E-state index contributed by atoms with van der Waals surface area (Å²) in [5, 5.41) is 11.8. The number of hydrogen-bond acceptors (Lipinski definition) is 4. The lowest BCUT2D eigenvalue weighted by Crippen LogP contribution is -2.42. The molecule has 1 unspecified atom stereocenters. The van der Waals surface area contributed by atoms with E-state index in [2.05, 4.69) is 5.32 Å². The van der Waals surface area contributed by atoms with E-state index in [1.807, 2.05) is 0 Å². The highest BCUT2D eigenvalue weighted by molar-refractivity contribution is 5.79. The Morgan fingerprint density at radius 2 is 1.79 bits per heavy atom. The van der Waals surface area contributed by atoms with Crippen molar-refractivity contribution in [2.24, 2.45) is 11.8 Å². The first-order valence-corrected chi connectivity index (χ1v) is 6.86. The SMILES string of the molecule is O=C(O)C1CCC(C(=O)NCC2COCCO2)CC1. The molecule has 0 bridgehead atoms. The van der Waals surface area contributed by atoms with Crippen LogP contribution in [0.25, 0.3) is 0 Å². The Hall–Kier alpha value is -1.14. The van der Waals surface area contributed by atoms with E-state index in [-0.39, 0.29) is 23.8 Å². The van der Waals surface area contributed by atoms with Crippen molar-refractivity contribution in [3.63, 3.8) is 0 Å². The number of hydrogen-bond donors (Lipinski definition) is 2. The summed E-state index contributed by atoms with van der Waals surface area (Å²) < 4.78 is 10.7. The molecule has 2 N–H and O–H groups in total. The summed E-state index contributed by atoms with van der Waals surface area (Å²) in [4.78, 5) is 22.8. The highest BCUT2D eigenvalue weighted by Crippen LogP contribution is 2.28. The molecule has 0 radical (unpaired) electrons. The van der Waals surface area contributed by atoms with Crippen molar-refractivity contribution >= 4 is 11.9 Å². The van der Waals surface area contributed by atoms with E-state index in [0.717, 1.165) is 0 Å². The minimum absolute atomic E-state index is 0.0120. The highest BCUT2D eigenvalue weighted by atomic mass is 16.6. The molecule has 1 saturated heterocycles. The van der Waals surface area contributed by atoms with Crippen molar-refractivity contribution in [2.75, 3.05) is 26.4 Å². The van der Waals surface area contributed by atoms with Crippen molar-refractivity contribution < 1.29 is 24.2 Å². The average molecular weight is 271 g/mol. The van der Waals surface area contributed by atoms with Crippen molar-refractivity contribution in [1.29, 1.82) is 0 Å². The number of ether oxygens (including phenoxy) is 2. The second-order valence-corrected chi connectivity index (χ2v) is 5.20. The summed E-state index contributed by atoms with van der Waals surface area (Å²) in [5.41, 5.74) is 0. The Kier molecular flexibility index (Phi) is 5.15. The standard InChI is InChI=1S/C13H21NO5/c15-12(14-7-11-8-18-5-6-19-11)9-1-3-10(4-2-9)13(16)17/h9-11H,1-8H2,(H,14,15)(H,16,17). The van der Waals surface area contributed by atoms with Crippen molar-refractivity contribution in [3.05, 3.63) is 0 Å². The maximum atomic E-state index is 12.0. The van der Waals surface area contributed by atoms with Crippen LogP contribution in [0.15, 0.2) is 0 Å². The molecule has 1 amide bonds. The highest BCUT2D eigenvalue weighted by Gasteiger charge is 2.30. The fourth-order valence-electron chi connectivity index (χ4n) is 2.62. The molecular formula is C13H21NO5. The van der Waals surface area contributed by atoms with Crippen LogP contribution in [0.1, 0.15) is 25.7 Å². The van der Waals surface area contributed by atoms with Crippen molar-refractivity contribution in [2.45, 2.75) is 31.8 Å². The third kappa shape index (κ3) is 4.18. The van der Waals surface area contributed by atoms with Crippen molar-refractivity contribution in [1.82, 2.24) is 5.32 Å². The summed E-state index contributed by atoms with van der Waals surface area (Å²) in [7, 11) is 0. The summed E-state index contributed by atoms with van der Waals surface area (Å²) in [6, 6.07) is 0. The largest absolute Gasteiger partial charge is 0.481 e. The van der Waals surface area contributed by atoms with Crippen LogP contribution < -0.4 is 5.32 Å². The van der Waals surface area contributed by atoms with Gasteiger partial charge in [-0.05, 0) is 25.7 Å². The minimum atomic E-state index is -0.744. The summed E-state index contributed by atoms with van der Waals surface area (Å²) in [6.07, 6.45) is 2.44. The smallest absolute Gasteiger partial charge is 0.306 e. The monoisotopic (exact) mass is 271 g/mol. The Balaban J connectivity index is 1.67. The quantitative estimate of drug-likeness (QED) is 0.773. The van der Waals surface area contributed by atoms with Crippen LogP contribution in [-0.4, -0.2) is 49.5 Å². The molecule has 2 aliphatic rings. The van der Waals surface area contributed by atoms with Gasteiger partial charge in [0.25, 0.3) is 0 Å². The molecule has 6 heteroatoms. The van der Waals surface area contributed by atoms with Gasteiger partial charge in [0.05, 0.1) is 31.8 Å². The molecule has 1 heterocycles. The van der Waals surface area contributed by atoms with Gasteiger partial charge < -0.3 is 19.9 Å². The zero-order valence-electron chi connectivity index (χ0n) is 11.0. The molecule has 2 rings (SSSR count). The van der Waals surface area contributed by atoms with Crippen LogP contribution in [0.5, 0.6) is 0 Å². The van der Waals surface area contributed by atoms with Gasteiger partial charge in [0.1, 0.15) is 0 Å². The average Bonchev–Trinajstić information content (AvgIpc) is 2.46. The third-order valence-corrected chi connectivity index (χ3v) is 3.84. The van der Waals surface area contributed by atoms with Crippen LogP contribution in [0, 0.1) is 11.8 Å². The molecule has 0 aromatic heterocycles. The molecule has 0 aromatic carbocycles. The zero-order chi connectivity index (χ0) is 13.7. The van der Waals surface area contributed by atoms with Gasteiger partial charge in [0.2, 0.25) is 5.91 Å². The van der Waals surface area contributed by atoms with E-state index in [1.54, 1.807) is 0 Å². The molecule has 19 heavy (non-hydrogen) atoms. The topological polar surface area (TPSA) is 84.9 Å². The lowest BCUT2D eigenvalue weighted by molar-refractivity contribution is -0.144. The lowest BCUT2D eigenvalue weighted by atomic mass is 9.81. The van der Waals surface area contributed by atoms with Gasteiger partial charge in [-0.2, -0.15) is 0 Å². The van der Waals surface area contributed by atoms with Gasteiger partial charge >= 0.3 is 5.97 Å². The summed E-state index contributed by atoms with van der Waals surface area (Å²) in [5.74, 6) is -1.07. The lowest BCUT2D eigenvalue weighted by Gasteiger charge is -2.27. The molecule has 0 spiro atoms. The van der Waals surface area contributed by atoms with Gasteiger partial charge in [-0.15, -0.1) is 0 Å². The Morgan fingerprint density at radius 1 is 1.11 bits per heavy atom. The summed E-state index contributed by atoms with van der Waals surface area (Å²) >= 11 is 0. The van der Waals surface area contributed by atoms with E-state index in [9.17, 15) is 9.59 Å². The van der Waals surface area contributed by atoms with Gasteiger partial charge in [-0.25, -0.2) is 0 Å². The number of aliphatic carboxylic acids is 1. The number of nitrogens with one attached hydrogen (secondary N) is 1. The third-order valence-electron chi connectivity index (χ3n) is 3.84. The second kappa shape index (κ2) is 6.86. The number of carbonyl (C=O) groups excluding carboxylic acids is 1. The van der Waals surface area contributed by atoms with Gasteiger partial charge in [0, 0.05) is 12.5 Å². The van der Waals surface area contributed by atoms with E-state index in [0.29, 0.717) is 52.0 Å². The second-order valence-electron chi connectivity index (χ2n) is 5.20. The normalized spacial score (nSPS) is 31.7. The van der Waals surface area contributed by atoms with Crippen LogP contribution in [0.4, 0.5) is 0 Å². The number of carbonyl (C=O) groups is 2. The first-order chi connectivity index (χ1) is 9.16. The fourth-order valence-corrected chi connectivity index (χ4v) is 2.62. The molecule has 0 aromatic rings. The van der Waals surface area contributed by atoms with Gasteiger partial charge in [0.15, 0.2) is 0 Å². The number of carboxylic acid groups (broad SMARTS) is 1.